The van der Waals surface area contributed by atoms with E-state index in [0.717, 1.165) is 5.39 Å². The van der Waals surface area contributed by atoms with Crippen molar-refractivity contribution in [3.05, 3.63) is 36.0 Å². The fourth-order valence-electron chi connectivity index (χ4n) is 3.22. The quantitative estimate of drug-likeness (QED) is 0.734. The van der Waals surface area contributed by atoms with Crippen LogP contribution in [-0.4, -0.2) is 28.6 Å². The Morgan fingerprint density at radius 1 is 1.04 bits per heavy atom. The lowest BCUT2D eigenvalue weighted by atomic mass is 9.86. The molecule has 1 aliphatic rings. The molecular formula is C22H27NO5. The molecule has 0 radical (unpaired) electrons. The second-order valence-electron chi connectivity index (χ2n) is 8.28. The number of carbonyl (C=O) groups is 2. The Hall–Kier alpha value is -2.63. The maximum Gasteiger partial charge on any atom is 0.309 e. The van der Waals surface area contributed by atoms with Gasteiger partial charge in [-0.25, -0.2) is 0 Å². The molecule has 150 valence electrons. The van der Waals surface area contributed by atoms with Crippen LogP contribution >= 0.6 is 0 Å². The van der Waals surface area contributed by atoms with E-state index < -0.39 is 17.8 Å². The number of hydrogen-bond acceptors (Lipinski definition) is 6. The van der Waals surface area contributed by atoms with Gasteiger partial charge in [-0.2, -0.15) is 0 Å². The van der Waals surface area contributed by atoms with Crippen molar-refractivity contribution >= 4 is 22.8 Å². The van der Waals surface area contributed by atoms with Crippen molar-refractivity contribution in [3.8, 4) is 5.75 Å². The first kappa shape index (κ1) is 20.1. The summed E-state index contributed by atoms with van der Waals surface area (Å²) < 4.78 is 17.9. The molecule has 0 saturated heterocycles. The van der Waals surface area contributed by atoms with Gasteiger partial charge in [0.05, 0.1) is 22.9 Å². The lowest BCUT2D eigenvalue weighted by Gasteiger charge is -2.43. The number of rotatable bonds is 4. The highest BCUT2D eigenvalue weighted by Crippen LogP contribution is 2.46. The van der Waals surface area contributed by atoms with Crippen LogP contribution in [0.5, 0.6) is 5.75 Å². The Morgan fingerprint density at radius 3 is 2.32 bits per heavy atom. The van der Waals surface area contributed by atoms with Crippen LogP contribution in [-0.2, 0) is 19.1 Å². The van der Waals surface area contributed by atoms with Crippen LogP contribution in [0.25, 0.3) is 10.9 Å². The minimum atomic E-state index is -0.887. The molecule has 0 aliphatic carbocycles. The Labute approximate surface area is 165 Å². The van der Waals surface area contributed by atoms with E-state index in [1.165, 1.54) is 0 Å². The van der Waals surface area contributed by atoms with Gasteiger partial charge in [-0.15, -0.1) is 0 Å². The third-order valence-corrected chi connectivity index (χ3v) is 4.82. The molecule has 3 rings (SSSR count). The molecule has 2 aromatic rings. The van der Waals surface area contributed by atoms with Crippen LogP contribution in [0, 0.1) is 11.8 Å². The first-order chi connectivity index (χ1) is 13.1. The number of carbonyl (C=O) groups excluding carboxylic acids is 2. The Kier molecular flexibility index (Phi) is 5.33. The summed E-state index contributed by atoms with van der Waals surface area (Å²) in [6.07, 6.45) is 0.0684. The average molecular weight is 385 g/mol. The minimum Gasteiger partial charge on any atom is -0.483 e. The third-order valence-electron chi connectivity index (χ3n) is 4.82. The molecular weight excluding hydrogens is 358 g/mol. The Morgan fingerprint density at radius 2 is 1.68 bits per heavy atom. The lowest BCUT2D eigenvalue weighted by Crippen LogP contribution is -2.52. The van der Waals surface area contributed by atoms with Gasteiger partial charge in [0, 0.05) is 11.6 Å². The molecule has 1 aromatic carbocycles. The summed E-state index contributed by atoms with van der Waals surface area (Å²) in [4.78, 5) is 29.4. The zero-order valence-corrected chi connectivity index (χ0v) is 17.2. The van der Waals surface area contributed by atoms with Crippen molar-refractivity contribution in [3.63, 3.8) is 0 Å². The van der Waals surface area contributed by atoms with Crippen LogP contribution in [0.3, 0.4) is 0 Å². The summed E-state index contributed by atoms with van der Waals surface area (Å²) in [6, 6.07) is 7.53. The number of fused-ring (bicyclic) bond motifs is 3. The van der Waals surface area contributed by atoms with E-state index in [9.17, 15) is 9.59 Å². The highest BCUT2D eigenvalue weighted by atomic mass is 16.6. The molecule has 2 heterocycles. The number of esters is 2. The first-order valence-electron chi connectivity index (χ1n) is 9.59. The molecule has 1 aromatic heterocycles. The molecule has 2 atom stereocenters. The van der Waals surface area contributed by atoms with Gasteiger partial charge in [0.15, 0.2) is 12.2 Å². The van der Waals surface area contributed by atoms with E-state index in [2.05, 4.69) is 4.98 Å². The molecule has 28 heavy (non-hydrogen) atoms. The summed E-state index contributed by atoms with van der Waals surface area (Å²) in [5.41, 5.74) is 0.415. The van der Waals surface area contributed by atoms with E-state index in [1.54, 1.807) is 33.9 Å². The molecule has 6 heteroatoms. The summed E-state index contributed by atoms with van der Waals surface area (Å²) in [5, 5.41) is 0.893. The van der Waals surface area contributed by atoms with Crippen LogP contribution in [0.4, 0.5) is 0 Å². The SMILES string of the molecule is CC(C)C(=O)OC1c2c(ccc3cccnc23)OC(C)(C)C1OC(=O)C(C)C. The third kappa shape index (κ3) is 3.68. The molecule has 0 N–H and O–H groups in total. The smallest absolute Gasteiger partial charge is 0.309 e. The zero-order valence-electron chi connectivity index (χ0n) is 17.2. The number of ether oxygens (including phenoxy) is 3. The summed E-state index contributed by atoms with van der Waals surface area (Å²) >= 11 is 0. The van der Waals surface area contributed by atoms with Crippen molar-refractivity contribution < 1.29 is 23.8 Å². The van der Waals surface area contributed by atoms with Crippen molar-refractivity contribution in [2.75, 3.05) is 0 Å². The Balaban J connectivity index is 2.17. The number of hydrogen-bond donors (Lipinski definition) is 0. The molecule has 1 aliphatic heterocycles. The number of nitrogens with zero attached hydrogens (tertiary/aromatic N) is 1. The fourth-order valence-corrected chi connectivity index (χ4v) is 3.22. The van der Waals surface area contributed by atoms with Crippen molar-refractivity contribution in [2.45, 2.75) is 59.4 Å². The molecule has 0 fully saturated rings. The van der Waals surface area contributed by atoms with Crippen LogP contribution in [0.1, 0.15) is 53.2 Å². The molecule has 2 unspecified atom stereocenters. The zero-order chi connectivity index (χ0) is 20.6. The standard InChI is InChI=1S/C22H27NO5/c1-12(2)20(24)26-18-16-15(10-9-14-8-7-11-23-17(14)16)28-22(5,6)19(18)27-21(25)13(3)4/h7-13,18-19H,1-6H3. The minimum absolute atomic E-state index is 0.315. The highest BCUT2D eigenvalue weighted by Gasteiger charge is 2.50. The van der Waals surface area contributed by atoms with Gasteiger partial charge >= 0.3 is 11.9 Å². The van der Waals surface area contributed by atoms with E-state index in [-0.39, 0.29) is 23.8 Å². The van der Waals surface area contributed by atoms with Gasteiger partial charge < -0.3 is 14.2 Å². The van der Waals surface area contributed by atoms with Gasteiger partial charge in [0.1, 0.15) is 11.4 Å². The van der Waals surface area contributed by atoms with Gasteiger partial charge in [-0.3, -0.25) is 14.6 Å². The number of aromatic nitrogens is 1. The van der Waals surface area contributed by atoms with Crippen LogP contribution < -0.4 is 4.74 Å². The molecule has 0 bridgehead atoms. The maximum atomic E-state index is 12.5. The average Bonchev–Trinajstić information content (AvgIpc) is 2.63. The van der Waals surface area contributed by atoms with Crippen LogP contribution in [0.15, 0.2) is 30.5 Å². The van der Waals surface area contributed by atoms with Crippen LogP contribution in [0.2, 0.25) is 0 Å². The second-order valence-corrected chi connectivity index (χ2v) is 8.28. The second kappa shape index (κ2) is 7.41. The van der Waals surface area contributed by atoms with Crippen molar-refractivity contribution in [2.24, 2.45) is 11.8 Å². The predicted molar refractivity (Wildman–Crippen MR) is 105 cm³/mol. The van der Waals surface area contributed by atoms with E-state index >= 15 is 0 Å². The lowest BCUT2D eigenvalue weighted by molar-refractivity contribution is -0.194. The van der Waals surface area contributed by atoms with Crippen molar-refractivity contribution in [1.29, 1.82) is 0 Å². The van der Waals surface area contributed by atoms with E-state index in [0.29, 0.717) is 16.8 Å². The fraction of sp³-hybridized carbons (Fsp3) is 0.500. The summed E-state index contributed by atoms with van der Waals surface area (Å²) in [7, 11) is 0. The van der Waals surface area contributed by atoms with Gasteiger partial charge in [0.25, 0.3) is 0 Å². The van der Waals surface area contributed by atoms with Gasteiger partial charge in [-0.05, 0) is 32.0 Å². The Bertz CT molecular complexity index is 903. The van der Waals surface area contributed by atoms with Gasteiger partial charge in [-0.1, -0.05) is 33.8 Å². The molecule has 0 amide bonds. The first-order valence-corrected chi connectivity index (χ1v) is 9.59. The summed E-state index contributed by atoms with van der Waals surface area (Å²) in [6.45, 7) is 10.7. The largest absolute Gasteiger partial charge is 0.483 e. The topological polar surface area (TPSA) is 74.7 Å². The maximum absolute atomic E-state index is 12.5. The molecule has 0 saturated carbocycles. The number of benzene rings is 1. The monoisotopic (exact) mass is 385 g/mol. The summed E-state index contributed by atoms with van der Waals surface area (Å²) in [5.74, 6) is -0.797. The van der Waals surface area contributed by atoms with Crippen molar-refractivity contribution in [1.82, 2.24) is 4.98 Å². The molecule has 0 spiro atoms. The number of pyridine rings is 1. The van der Waals surface area contributed by atoms with Gasteiger partial charge in [0.2, 0.25) is 0 Å². The van der Waals surface area contributed by atoms with E-state index in [1.807, 2.05) is 38.1 Å². The highest BCUT2D eigenvalue weighted by molar-refractivity contribution is 5.85. The molecule has 6 nitrogen and oxygen atoms in total. The normalized spacial score (nSPS) is 20.6. The predicted octanol–water partition coefficient (Wildman–Crippen LogP) is 4.21. The van der Waals surface area contributed by atoms with E-state index in [4.69, 9.17) is 14.2 Å².